The van der Waals surface area contributed by atoms with Crippen LogP contribution in [0.15, 0.2) is 12.3 Å². The van der Waals surface area contributed by atoms with E-state index in [1.807, 2.05) is 19.3 Å². The fraction of sp³-hybridized carbons (Fsp3) is 0.444. The summed E-state index contributed by atoms with van der Waals surface area (Å²) in [6.45, 7) is 0.492. The molecule has 1 aromatic heterocycles. The molecule has 1 aromatic rings. The molecule has 6 heteroatoms. The largest absolute Gasteiger partial charge is 0.300 e. The van der Waals surface area contributed by atoms with Gasteiger partial charge in [-0.15, -0.1) is 0 Å². The van der Waals surface area contributed by atoms with Gasteiger partial charge in [0, 0.05) is 19.8 Å². The van der Waals surface area contributed by atoms with E-state index in [2.05, 4.69) is 15.7 Å². The summed E-state index contributed by atoms with van der Waals surface area (Å²) in [5, 5.41) is 9.38. The van der Waals surface area contributed by atoms with Gasteiger partial charge in [-0.25, -0.2) is 0 Å². The molecule has 6 nitrogen and oxygen atoms in total. The maximum absolute atomic E-state index is 11.2. The number of carbonyl (C=O) groups excluding carboxylic acids is 2. The van der Waals surface area contributed by atoms with E-state index in [0.717, 1.165) is 5.69 Å². The van der Waals surface area contributed by atoms with Gasteiger partial charge in [-0.3, -0.25) is 24.9 Å². The van der Waals surface area contributed by atoms with Crippen LogP contribution in [-0.4, -0.2) is 27.6 Å². The van der Waals surface area contributed by atoms with E-state index in [0.29, 0.717) is 6.54 Å². The van der Waals surface area contributed by atoms with Crippen molar-refractivity contribution in [1.29, 1.82) is 0 Å². The predicted octanol–water partition coefficient (Wildman–Crippen LogP) is -1.08. The number of carbonyl (C=O) groups is 2. The molecule has 0 spiro atoms. The molecule has 0 radical (unpaired) electrons. The third kappa shape index (κ3) is 2.21. The third-order valence-corrected chi connectivity index (χ3v) is 2.27. The summed E-state index contributed by atoms with van der Waals surface area (Å²) in [5.41, 5.74) is 0.852. The Bertz CT molecular complexity index is 399. The lowest BCUT2D eigenvalue weighted by atomic mass is 10.2. The Hall–Kier alpha value is -1.69. The maximum atomic E-state index is 11.2. The highest BCUT2D eigenvalue weighted by Crippen LogP contribution is 2.02. The zero-order valence-corrected chi connectivity index (χ0v) is 8.36. The van der Waals surface area contributed by atoms with Crippen LogP contribution in [-0.2, 0) is 23.2 Å². The number of rotatable bonds is 3. The van der Waals surface area contributed by atoms with Gasteiger partial charge in [0.15, 0.2) is 0 Å². The smallest absolute Gasteiger partial charge is 0.244 e. The topological polar surface area (TPSA) is 76.0 Å². The number of aromatic nitrogens is 2. The van der Waals surface area contributed by atoms with Gasteiger partial charge < -0.3 is 0 Å². The highest BCUT2D eigenvalue weighted by atomic mass is 16.2. The summed E-state index contributed by atoms with van der Waals surface area (Å²) in [5.74, 6) is -0.477. The van der Waals surface area contributed by atoms with Crippen LogP contribution in [0.1, 0.15) is 12.1 Å². The van der Waals surface area contributed by atoms with Crippen molar-refractivity contribution in [2.75, 3.05) is 0 Å². The van der Waals surface area contributed by atoms with Gasteiger partial charge >= 0.3 is 0 Å². The normalized spacial score (nSPS) is 20.7. The molecule has 2 amide bonds. The molecule has 15 heavy (non-hydrogen) atoms. The predicted molar refractivity (Wildman–Crippen MR) is 51.6 cm³/mol. The average Bonchev–Trinajstić information content (AvgIpc) is 2.70. The summed E-state index contributed by atoms with van der Waals surface area (Å²) in [6, 6.07) is 1.45. The summed E-state index contributed by atoms with van der Waals surface area (Å²) < 4.78 is 1.69. The lowest BCUT2D eigenvalue weighted by molar-refractivity contribution is -0.125. The summed E-state index contributed by atoms with van der Waals surface area (Å²) >= 11 is 0. The summed E-state index contributed by atoms with van der Waals surface area (Å²) in [7, 11) is 1.83. The van der Waals surface area contributed by atoms with Gasteiger partial charge in [-0.2, -0.15) is 5.10 Å². The van der Waals surface area contributed by atoms with Crippen molar-refractivity contribution < 1.29 is 9.59 Å². The molecule has 1 fully saturated rings. The number of nitrogens with zero attached hydrogens (tertiary/aromatic N) is 2. The van der Waals surface area contributed by atoms with Gasteiger partial charge in [-0.05, 0) is 6.07 Å². The number of hydrogen-bond acceptors (Lipinski definition) is 4. The third-order valence-electron chi connectivity index (χ3n) is 2.27. The van der Waals surface area contributed by atoms with E-state index in [4.69, 9.17) is 0 Å². The van der Waals surface area contributed by atoms with Crippen LogP contribution in [0.4, 0.5) is 0 Å². The Labute approximate surface area is 86.6 Å². The van der Waals surface area contributed by atoms with Crippen LogP contribution in [0.25, 0.3) is 0 Å². The second kappa shape index (κ2) is 3.82. The van der Waals surface area contributed by atoms with E-state index in [1.165, 1.54) is 0 Å². The highest BCUT2D eigenvalue weighted by molar-refractivity contribution is 6.05. The molecule has 0 aromatic carbocycles. The number of nitrogens with one attached hydrogen (secondary N) is 2. The highest BCUT2D eigenvalue weighted by Gasteiger charge is 2.29. The SMILES string of the molecule is Cn1ccc(CN[C@@H]2CC(=O)NC2=O)n1. The van der Waals surface area contributed by atoms with Crippen molar-refractivity contribution in [3.63, 3.8) is 0 Å². The number of hydrogen-bond donors (Lipinski definition) is 2. The zero-order valence-electron chi connectivity index (χ0n) is 8.36. The van der Waals surface area contributed by atoms with Gasteiger partial charge in [0.05, 0.1) is 18.2 Å². The van der Waals surface area contributed by atoms with Crippen molar-refractivity contribution in [3.8, 4) is 0 Å². The van der Waals surface area contributed by atoms with Crippen molar-refractivity contribution in [1.82, 2.24) is 20.4 Å². The molecular formula is C9H12N4O2. The first kappa shape index (κ1) is 9.85. The molecule has 0 saturated carbocycles. The molecule has 80 valence electrons. The first-order valence-corrected chi connectivity index (χ1v) is 4.71. The molecule has 1 aliphatic rings. The monoisotopic (exact) mass is 208 g/mol. The van der Waals surface area contributed by atoms with Crippen LogP contribution < -0.4 is 10.6 Å². The van der Waals surface area contributed by atoms with Crippen molar-refractivity contribution >= 4 is 11.8 Å². The molecule has 0 aliphatic carbocycles. The van der Waals surface area contributed by atoms with E-state index in [1.54, 1.807) is 4.68 Å². The fourth-order valence-corrected chi connectivity index (χ4v) is 1.50. The minimum Gasteiger partial charge on any atom is -0.300 e. The first-order chi connectivity index (χ1) is 7.15. The number of aryl methyl sites for hydroxylation is 1. The number of amides is 2. The Kier molecular flexibility index (Phi) is 2.51. The average molecular weight is 208 g/mol. The standard InChI is InChI=1S/C9H12N4O2/c1-13-3-2-6(12-13)5-10-7-4-8(14)11-9(7)15/h2-3,7,10H,4-5H2,1H3,(H,11,14,15)/t7-/m1/s1. The Morgan fingerprint density at radius 1 is 1.67 bits per heavy atom. The second-order valence-corrected chi connectivity index (χ2v) is 3.53. The first-order valence-electron chi connectivity index (χ1n) is 4.71. The lowest BCUT2D eigenvalue weighted by Gasteiger charge is -2.06. The quantitative estimate of drug-likeness (QED) is 0.620. The van der Waals surface area contributed by atoms with Crippen LogP contribution in [0.3, 0.4) is 0 Å². The van der Waals surface area contributed by atoms with Crippen molar-refractivity contribution in [2.45, 2.75) is 19.0 Å². The molecule has 1 atom stereocenters. The summed E-state index contributed by atoms with van der Waals surface area (Å²) in [6.07, 6.45) is 2.04. The van der Waals surface area contributed by atoms with Crippen molar-refractivity contribution in [3.05, 3.63) is 18.0 Å². The van der Waals surface area contributed by atoms with Crippen LogP contribution >= 0.6 is 0 Å². The second-order valence-electron chi connectivity index (χ2n) is 3.53. The Morgan fingerprint density at radius 2 is 2.47 bits per heavy atom. The molecule has 1 aliphatic heterocycles. The van der Waals surface area contributed by atoms with Crippen molar-refractivity contribution in [2.24, 2.45) is 7.05 Å². The zero-order chi connectivity index (χ0) is 10.8. The lowest BCUT2D eigenvalue weighted by Crippen LogP contribution is -2.35. The van der Waals surface area contributed by atoms with Crippen LogP contribution in [0.5, 0.6) is 0 Å². The molecule has 2 N–H and O–H groups in total. The van der Waals surface area contributed by atoms with Gasteiger partial charge in [-0.1, -0.05) is 0 Å². The Balaban J connectivity index is 1.88. The van der Waals surface area contributed by atoms with Crippen LogP contribution in [0.2, 0.25) is 0 Å². The molecular weight excluding hydrogens is 196 g/mol. The fourth-order valence-electron chi connectivity index (χ4n) is 1.50. The molecule has 2 rings (SSSR count). The van der Waals surface area contributed by atoms with Gasteiger partial charge in [0.25, 0.3) is 0 Å². The minimum absolute atomic E-state index is 0.214. The molecule has 1 saturated heterocycles. The van der Waals surface area contributed by atoms with E-state index in [9.17, 15) is 9.59 Å². The molecule has 0 unspecified atom stereocenters. The van der Waals surface area contributed by atoms with E-state index in [-0.39, 0.29) is 18.2 Å². The minimum atomic E-state index is -0.417. The molecule has 0 bridgehead atoms. The summed E-state index contributed by atoms with van der Waals surface area (Å²) in [4.78, 5) is 22.1. The Morgan fingerprint density at radius 3 is 3.00 bits per heavy atom. The number of imide groups is 1. The van der Waals surface area contributed by atoms with Gasteiger partial charge in [0.1, 0.15) is 0 Å². The molecule has 2 heterocycles. The van der Waals surface area contributed by atoms with Crippen LogP contribution in [0, 0.1) is 0 Å². The van der Waals surface area contributed by atoms with E-state index >= 15 is 0 Å². The van der Waals surface area contributed by atoms with E-state index < -0.39 is 6.04 Å². The van der Waals surface area contributed by atoms with Gasteiger partial charge in [0.2, 0.25) is 11.8 Å². The maximum Gasteiger partial charge on any atom is 0.244 e.